The minimum absolute atomic E-state index is 0.678. The van der Waals surface area contributed by atoms with E-state index in [1.54, 1.807) is 14.0 Å². The molecule has 0 amide bonds. The van der Waals surface area contributed by atoms with Crippen molar-refractivity contribution >= 4 is 0 Å². The van der Waals surface area contributed by atoms with E-state index in [1.807, 2.05) is 0 Å². The van der Waals surface area contributed by atoms with Crippen molar-refractivity contribution in [3.8, 4) is 0 Å². The topological polar surface area (TPSA) is 38.0 Å². The Labute approximate surface area is 38.7 Å². The van der Waals surface area contributed by atoms with Crippen LogP contribution >= 0.6 is 0 Å². The Kier molecular flexibility index (Phi) is 3.08. The van der Waals surface area contributed by atoms with Crippen molar-refractivity contribution in [3.63, 3.8) is 0 Å². The van der Waals surface area contributed by atoms with E-state index < -0.39 is 0 Å². The minimum Gasteiger partial charge on any atom is -0.479 e. The van der Waals surface area contributed by atoms with E-state index in [2.05, 4.69) is 11.9 Å². The Morgan fingerprint density at radius 2 is 2.33 bits per heavy atom. The van der Waals surface area contributed by atoms with Gasteiger partial charge in [-0.1, -0.05) is 0 Å². The summed E-state index contributed by atoms with van der Waals surface area (Å²) in [7, 11) is 1.76. The maximum atomic E-state index is 5.15. The Bertz CT molecular complexity index is 26.7. The molecule has 0 rings (SSSR count). The van der Waals surface area contributed by atoms with Crippen molar-refractivity contribution < 1.29 is 0 Å². The summed E-state index contributed by atoms with van der Waals surface area (Å²) in [5.41, 5.74) is 5.15. The number of likely N-dealkylation sites (N-methyl/N-ethyl adjacent to an activating group) is 1. The summed E-state index contributed by atoms with van der Waals surface area (Å²) in [4.78, 5) is 0. The molecule has 0 saturated heterocycles. The highest BCUT2D eigenvalue weighted by Crippen LogP contribution is 1.83. The van der Waals surface area contributed by atoms with Crippen LogP contribution < -0.4 is 11.1 Å². The van der Waals surface area contributed by atoms with Crippen molar-refractivity contribution in [1.82, 2.24) is 5.32 Å². The van der Waals surface area contributed by atoms with E-state index in [-0.39, 0.29) is 0 Å². The summed E-state index contributed by atoms with van der Waals surface area (Å²) in [6, 6.07) is 0.678. The van der Waals surface area contributed by atoms with Crippen LogP contribution in [0.4, 0.5) is 0 Å². The largest absolute Gasteiger partial charge is 0.479 e. The number of nitrogens with one attached hydrogen (secondary N) is 1. The zero-order chi connectivity index (χ0) is 4.99. The molecular formula is C4H9N2-. The minimum atomic E-state index is 0.678. The van der Waals surface area contributed by atoms with Gasteiger partial charge in [0.05, 0.1) is 0 Å². The molecule has 0 atom stereocenters. The Balaban J connectivity index is 2.63. The second kappa shape index (κ2) is 3.12. The van der Waals surface area contributed by atoms with Gasteiger partial charge in [-0.3, -0.25) is 0 Å². The molecule has 0 aromatic rings. The second-order valence-corrected chi connectivity index (χ2v) is 1.06. The van der Waals surface area contributed by atoms with Gasteiger partial charge in [-0.25, -0.2) is 6.04 Å². The molecule has 0 saturated carbocycles. The molecule has 0 bridgehead atoms. The molecule has 2 radical (unpaired) electrons. The van der Waals surface area contributed by atoms with Crippen LogP contribution in [0.15, 0.2) is 0 Å². The first-order valence-electron chi connectivity index (χ1n) is 1.79. The molecule has 3 N–H and O–H groups in total. The number of hydrogen-bond acceptors (Lipinski definition) is 2. The first kappa shape index (κ1) is 5.92. The van der Waals surface area contributed by atoms with E-state index in [0.29, 0.717) is 6.04 Å². The van der Waals surface area contributed by atoms with Gasteiger partial charge in [0, 0.05) is 0 Å². The Morgan fingerprint density at radius 1 is 1.83 bits per heavy atom. The molecule has 0 aromatic carbocycles. The van der Waals surface area contributed by atoms with Crippen LogP contribution in [0.5, 0.6) is 0 Å². The first-order valence-corrected chi connectivity index (χ1v) is 1.79. The van der Waals surface area contributed by atoms with E-state index >= 15 is 0 Å². The fourth-order valence-corrected chi connectivity index (χ4v) is 0.197. The van der Waals surface area contributed by atoms with Crippen molar-refractivity contribution in [2.75, 3.05) is 7.05 Å². The van der Waals surface area contributed by atoms with Gasteiger partial charge in [0.2, 0.25) is 0 Å². The van der Waals surface area contributed by atoms with Crippen molar-refractivity contribution in [2.24, 2.45) is 5.73 Å². The molecule has 0 spiro atoms. The summed E-state index contributed by atoms with van der Waals surface area (Å²) < 4.78 is 0. The van der Waals surface area contributed by atoms with Gasteiger partial charge in [-0.2, -0.15) is 6.92 Å². The van der Waals surface area contributed by atoms with Crippen LogP contribution in [0.1, 0.15) is 6.92 Å². The second-order valence-electron chi connectivity index (χ2n) is 1.06. The fraction of sp³-hybridized carbons (Fsp3) is 0.500. The highest BCUT2D eigenvalue weighted by Gasteiger charge is 1.68. The predicted octanol–water partition coefficient (Wildman–Crippen LogP) is -0.245. The summed E-state index contributed by atoms with van der Waals surface area (Å²) in [6.07, 6.45) is 0. The van der Waals surface area contributed by atoms with E-state index in [9.17, 15) is 0 Å². The normalized spacial score (nSPS) is 10.0. The van der Waals surface area contributed by atoms with Crippen LogP contribution in [0, 0.1) is 12.6 Å². The molecule has 2 heteroatoms. The SMILES string of the molecule is CN[C][C-](C)N. The van der Waals surface area contributed by atoms with Gasteiger partial charge in [0.15, 0.2) is 0 Å². The van der Waals surface area contributed by atoms with E-state index in [0.717, 1.165) is 0 Å². The summed E-state index contributed by atoms with van der Waals surface area (Å²) in [5, 5.41) is 2.66. The summed E-state index contributed by atoms with van der Waals surface area (Å²) >= 11 is 0. The average molecular weight is 85.1 g/mol. The van der Waals surface area contributed by atoms with Gasteiger partial charge >= 0.3 is 0 Å². The maximum Gasteiger partial charge on any atom is -0.0187 e. The molecule has 2 nitrogen and oxygen atoms in total. The van der Waals surface area contributed by atoms with Gasteiger partial charge in [0.1, 0.15) is 0 Å². The zero-order valence-corrected chi connectivity index (χ0v) is 4.08. The highest BCUT2D eigenvalue weighted by atomic mass is 14.8. The number of hydrogen-bond donors (Lipinski definition) is 2. The van der Waals surface area contributed by atoms with Crippen LogP contribution in [0.2, 0.25) is 0 Å². The fourth-order valence-electron chi connectivity index (χ4n) is 0.197. The third-order valence-corrected chi connectivity index (χ3v) is 0.322. The molecule has 0 aliphatic heterocycles. The molecule has 36 valence electrons. The van der Waals surface area contributed by atoms with Crippen molar-refractivity contribution in [1.29, 1.82) is 0 Å². The lowest BCUT2D eigenvalue weighted by Gasteiger charge is -2.14. The lowest BCUT2D eigenvalue weighted by Crippen LogP contribution is -2.14. The number of rotatable bonds is 2. The molecule has 0 heterocycles. The van der Waals surface area contributed by atoms with Crippen molar-refractivity contribution in [2.45, 2.75) is 6.92 Å². The monoisotopic (exact) mass is 85.1 g/mol. The smallest absolute Gasteiger partial charge is 0.0187 e. The van der Waals surface area contributed by atoms with Crippen LogP contribution in [-0.4, -0.2) is 7.05 Å². The Morgan fingerprint density at radius 3 is 2.33 bits per heavy atom. The molecule has 6 heavy (non-hydrogen) atoms. The van der Waals surface area contributed by atoms with Crippen LogP contribution in [-0.2, 0) is 0 Å². The summed E-state index contributed by atoms with van der Waals surface area (Å²) in [6.45, 7) is 4.43. The highest BCUT2D eigenvalue weighted by molar-refractivity contribution is 4.88. The molecular weight excluding hydrogens is 76.1 g/mol. The standard InChI is InChI=1S/C4H9N2/c1-4(5)3-6-2/h6H,5H2,1-2H3/q-1. The summed E-state index contributed by atoms with van der Waals surface area (Å²) in [5.74, 6) is 0. The molecule has 0 unspecified atom stereocenters. The zero-order valence-electron chi connectivity index (χ0n) is 4.08. The quantitative estimate of drug-likeness (QED) is 0.358. The van der Waals surface area contributed by atoms with E-state index in [4.69, 9.17) is 5.73 Å². The molecule has 0 aliphatic carbocycles. The lowest BCUT2D eigenvalue weighted by atomic mass is 10.4. The first-order chi connectivity index (χ1) is 2.77. The average Bonchev–Trinajstić information content (AvgIpc) is 1.35. The molecule has 0 fully saturated rings. The van der Waals surface area contributed by atoms with Gasteiger partial charge < -0.3 is 11.1 Å². The lowest BCUT2D eigenvalue weighted by molar-refractivity contribution is 0.894. The number of nitrogens with two attached hydrogens (primary N) is 1. The molecule has 0 aliphatic rings. The van der Waals surface area contributed by atoms with Gasteiger partial charge in [-0.05, 0) is 7.05 Å². The van der Waals surface area contributed by atoms with E-state index in [1.165, 1.54) is 0 Å². The third-order valence-electron chi connectivity index (χ3n) is 0.322. The predicted molar refractivity (Wildman–Crippen MR) is 25.4 cm³/mol. The Hall–Kier alpha value is -0.0800. The third kappa shape index (κ3) is 3.92. The van der Waals surface area contributed by atoms with Crippen molar-refractivity contribution in [3.05, 3.63) is 12.6 Å². The van der Waals surface area contributed by atoms with Crippen LogP contribution in [0.25, 0.3) is 0 Å². The van der Waals surface area contributed by atoms with Gasteiger partial charge in [0.25, 0.3) is 0 Å². The van der Waals surface area contributed by atoms with Crippen LogP contribution in [0.3, 0.4) is 0 Å². The molecule has 0 aromatic heterocycles. The maximum absolute atomic E-state index is 5.15. The van der Waals surface area contributed by atoms with Gasteiger partial charge in [-0.15, -0.1) is 6.54 Å².